The lowest BCUT2D eigenvalue weighted by Crippen LogP contribution is -2.40. The third kappa shape index (κ3) is 4.09. The molecule has 1 heterocycles. The molecular weight excluding hydrogens is 396 g/mol. The van der Waals surface area contributed by atoms with E-state index in [1.165, 1.54) is 6.07 Å². The molecule has 0 saturated heterocycles. The second kappa shape index (κ2) is 7.98. The first-order valence-electron chi connectivity index (χ1n) is 6.84. The van der Waals surface area contributed by atoms with Gasteiger partial charge in [-0.25, -0.2) is 9.38 Å². The lowest BCUT2D eigenvalue weighted by molar-refractivity contribution is 0.322. The number of benzene rings is 2. The van der Waals surface area contributed by atoms with Gasteiger partial charge in [0.1, 0.15) is 18.2 Å². The number of nitrogens with one attached hydrogen (secondary N) is 2. The summed E-state index contributed by atoms with van der Waals surface area (Å²) in [5.41, 5.74) is 1.27. The summed E-state index contributed by atoms with van der Waals surface area (Å²) in [5.74, 6) is 1.25. The van der Waals surface area contributed by atoms with Gasteiger partial charge in [0.05, 0.1) is 12.2 Å². The van der Waals surface area contributed by atoms with Gasteiger partial charge in [0, 0.05) is 12.1 Å². The zero-order chi connectivity index (χ0) is 14.5. The smallest absolute Gasteiger partial charge is 0.196 e. The van der Waals surface area contributed by atoms with Crippen molar-refractivity contribution in [2.24, 2.45) is 4.99 Å². The number of nitrogens with zero attached hydrogens (tertiary/aromatic N) is 1. The second-order valence-electron chi connectivity index (χ2n) is 4.64. The van der Waals surface area contributed by atoms with Crippen molar-refractivity contribution >= 4 is 35.6 Å². The van der Waals surface area contributed by atoms with E-state index in [-0.39, 0.29) is 29.8 Å². The van der Waals surface area contributed by atoms with Crippen molar-refractivity contribution < 1.29 is 9.13 Å². The van der Waals surface area contributed by atoms with Gasteiger partial charge < -0.3 is 15.4 Å². The lowest BCUT2D eigenvalue weighted by atomic mass is 10.1. The van der Waals surface area contributed by atoms with Crippen LogP contribution in [0.15, 0.2) is 53.5 Å². The van der Waals surface area contributed by atoms with Crippen LogP contribution in [0.3, 0.4) is 0 Å². The Balaban J connectivity index is 0.00000176. The van der Waals surface area contributed by atoms with Crippen molar-refractivity contribution in [1.29, 1.82) is 0 Å². The molecule has 4 nitrogen and oxygen atoms in total. The largest absolute Gasteiger partial charge is 0.492 e. The maximum atomic E-state index is 13.5. The normalized spacial score (nSPS) is 12.3. The van der Waals surface area contributed by atoms with Gasteiger partial charge >= 0.3 is 0 Å². The van der Waals surface area contributed by atoms with E-state index >= 15 is 0 Å². The van der Waals surface area contributed by atoms with Crippen LogP contribution in [0.5, 0.6) is 5.75 Å². The highest BCUT2D eigenvalue weighted by atomic mass is 127. The van der Waals surface area contributed by atoms with Crippen LogP contribution in [-0.2, 0) is 6.54 Å². The van der Waals surface area contributed by atoms with E-state index in [2.05, 4.69) is 15.6 Å². The van der Waals surface area contributed by atoms with Gasteiger partial charge in [-0.05, 0) is 24.3 Å². The Labute approximate surface area is 145 Å². The molecule has 2 N–H and O–H groups in total. The number of aliphatic imine (C=N–C) groups is 1. The van der Waals surface area contributed by atoms with Gasteiger partial charge in [-0.1, -0.05) is 24.3 Å². The van der Waals surface area contributed by atoms with E-state index in [1.807, 2.05) is 30.3 Å². The molecule has 1 aliphatic heterocycles. The van der Waals surface area contributed by atoms with Crippen molar-refractivity contribution in [3.05, 3.63) is 59.9 Å². The van der Waals surface area contributed by atoms with Gasteiger partial charge in [-0.3, -0.25) is 0 Å². The second-order valence-corrected chi connectivity index (χ2v) is 4.64. The van der Waals surface area contributed by atoms with Crippen molar-refractivity contribution in [3.63, 3.8) is 0 Å². The minimum atomic E-state index is -0.227. The standard InChI is InChI=1S/C16H16FN3O.HI/c17-14-7-4-8-15-13(14)11-19-16(20-15)18-9-10-21-12-5-2-1-3-6-12;/h1-8H,9-11H2,(H2,18,19,20);1H. The molecular formula is C16H17FIN3O. The Morgan fingerprint density at radius 1 is 1.14 bits per heavy atom. The molecule has 22 heavy (non-hydrogen) atoms. The summed E-state index contributed by atoms with van der Waals surface area (Å²) in [6, 6.07) is 14.6. The molecule has 0 radical (unpaired) electrons. The molecule has 2 aromatic carbocycles. The molecule has 0 aliphatic carbocycles. The van der Waals surface area contributed by atoms with Crippen LogP contribution in [0.25, 0.3) is 0 Å². The first-order valence-corrected chi connectivity index (χ1v) is 6.84. The predicted molar refractivity (Wildman–Crippen MR) is 95.7 cm³/mol. The van der Waals surface area contributed by atoms with E-state index < -0.39 is 0 Å². The minimum Gasteiger partial charge on any atom is -0.492 e. The third-order valence-electron chi connectivity index (χ3n) is 3.17. The Morgan fingerprint density at radius 2 is 1.95 bits per heavy atom. The molecule has 0 spiro atoms. The summed E-state index contributed by atoms with van der Waals surface area (Å²) in [6.07, 6.45) is 0. The zero-order valence-electron chi connectivity index (χ0n) is 11.9. The quantitative estimate of drug-likeness (QED) is 0.598. The monoisotopic (exact) mass is 413 g/mol. The summed E-state index contributed by atoms with van der Waals surface area (Å²) in [6.45, 7) is 1.58. The number of halogens is 2. The highest BCUT2D eigenvalue weighted by Gasteiger charge is 2.14. The van der Waals surface area contributed by atoms with E-state index in [0.29, 0.717) is 36.9 Å². The number of para-hydroxylation sites is 1. The van der Waals surface area contributed by atoms with Crippen molar-refractivity contribution in [2.75, 3.05) is 13.2 Å². The van der Waals surface area contributed by atoms with Crippen LogP contribution in [0, 0.1) is 5.82 Å². The Morgan fingerprint density at radius 3 is 2.77 bits per heavy atom. The molecule has 116 valence electrons. The summed E-state index contributed by atoms with van der Waals surface area (Å²) in [7, 11) is 0. The number of guanidine groups is 1. The molecule has 1 aliphatic rings. The summed E-state index contributed by atoms with van der Waals surface area (Å²) in [5, 5.41) is 6.20. The average molecular weight is 413 g/mol. The van der Waals surface area contributed by atoms with E-state index in [1.54, 1.807) is 12.1 Å². The van der Waals surface area contributed by atoms with Crippen LogP contribution < -0.4 is 15.4 Å². The van der Waals surface area contributed by atoms with Gasteiger partial charge in [-0.2, -0.15) is 0 Å². The summed E-state index contributed by atoms with van der Waals surface area (Å²) in [4.78, 5) is 4.35. The van der Waals surface area contributed by atoms with E-state index in [0.717, 1.165) is 5.75 Å². The lowest BCUT2D eigenvalue weighted by Gasteiger charge is -2.19. The maximum Gasteiger partial charge on any atom is 0.196 e. The number of hydrogen-bond donors (Lipinski definition) is 2. The molecule has 2 aromatic rings. The van der Waals surface area contributed by atoms with Crippen molar-refractivity contribution in [1.82, 2.24) is 10.6 Å². The van der Waals surface area contributed by atoms with Crippen molar-refractivity contribution in [3.8, 4) is 5.75 Å². The fourth-order valence-corrected chi connectivity index (χ4v) is 2.12. The molecule has 6 heteroatoms. The molecule has 0 aromatic heterocycles. The SMILES string of the molecule is Fc1cccc2c1CNC(NCCOc1ccccc1)=N2.I. The highest BCUT2D eigenvalue weighted by molar-refractivity contribution is 14.0. The van der Waals surface area contributed by atoms with Crippen LogP contribution >= 0.6 is 24.0 Å². The van der Waals surface area contributed by atoms with Gasteiger partial charge in [-0.15, -0.1) is 24.0 Å². The fourth-order valence-electron chi connectivity index (χ4n) is 2.12. The van der Waals surface area contributed by atoms with Crippen LogP contribution in [-0.4, -0.2) is 19.1 Å². The zero-order valence-corrected chi connectivity index (χ0v) is 14.2. The summed E-state index contributed by atoms with van der Waals surface area (Å²) < 4.78 is 19.1. The number of fused-ring (bicyclic) bond motifs is 1. The Bertz CT molecular complexity index is 649. The molecule has 0 amide bonds. The topological polar surface area (TPSA) is 45.6 Å². The predicted octanol–water partition coefficient (Wildman–Crippen LogP) is 3.20. The van der Waals surface area contributed by atoms with Gasteiger partial charge in [0.15, 0.2) is 5.96 Å². The van der Waals surface area contributed by atoms with Crippen LogP contribution in [0.1, 0.15) is 5.56 Å². The Kier molecular flexibility index (Phi) is 6.00. The van der Waals surface area contributed by atoms with E-state index in [9.17, 15) is 4.39 Å². The van der Waals surface area contributed by atoms with Crippen LogP contribution in [0.4, 0.5) is 10.1 Å². The molecule has 0 bridgehead atoms. The molecule has 0 unspecified atom stereocenters. The molecule has 0 saturated carbocycles. The summed E-state index contributed by atoms with van der Waals surface area (Å²) >= 11 is 0. The first-order chi connectivity index (χ1) is 10.3. The molecule has 0 atom stereocenters. The van der Waals surface area contributed by atoms with E-state index in [4.69, 9.17) is 4.74 Å². The number of rotatable bonds is 4. The molecule has 0 fully saturated rings. The average Bonchev–Trinajstić information content (AvgIpc) is 2.53. The first kappa shape index (κ1) is 16.5. The fraction of sp³-hybridized carbons (Fsp3) is 0.188. The van der Waals surface area contributed by atoms with Gasteiger partial charge in [0.2, 0.25) is 0 Å². The Hall–Kier alpha value is -1.83. The highest BCUT2D eigenvalue weighted by Crippen LogP contribution is 2.23. The third-order valence-corrected chi connectivity index (χ3v) is 3.17. The minimum absolute atomic E-state index is 0. The van der Waals surface area contributed by atoms with Crippen molar-refractivity contribution in [2.45, 2.75) is 6.54 Å². The number of hydrogen-bond acceptors (Lipinski definition) is 4. The number of ether oxygens (including phenoxy) is 1. The van der Waals surface area contributed by atoms with Gasteiger partial charge in [0.25, 0.3) is 0 Å². The van der Waals surface area contributed by atoms with Crippen LogP contribution in [0.2, 0.25) is 0 Å². The maximum absolute atomic E-state index is 13.5. The molecule has 3 rings (SSSR count).